The Labute approximate surface area is 407 Å². The minimum absolute atomic E-state index is 0.0335. The van der Waals surface area contributed by atoms with Crippen LogP contribution in [0.1, 0.15) is 233 Å². The maximum atomic E-state index is 13.4. The van der Waals surface area contributed by atoms with Gasteiger partial charge in [-0.1, -0.05) is 191 Å². The molecule has 384 valence electrons. The van der Waals surface area contributed by atoms with Gasteiger partial charge in [0.2, 0.25) is 5.91 Å². The minimum Gasteiger partial charge on any atom is -0.456 e. The smallest absolute Gasteiger partial charge is 0.456 e. The Morgan fingerprint density at radius 2 is 0.970 bits per heavy atom. The van der Waals surface area contributed by atoms with Gasteiger partial charge in [0.1, 0.15) is 19.3 Å². The summed E-state index contributed by atoms with van der Waals surface area (Å²) in [5.74, 6) is -0.538. The molecule has 10 heteroatoms. The molecule has 0 aromatic rings. The molecule has 3 unspecified atom stereocenters. The molecule has 0 fully saturated rings. The van der Waals surface area contributed by atoms with E-state index in [2.05, 4.69) is 74.7 Å². The second-order valence-corrected chi connectivity index (χ2v) is 20.8. The van der Waals surface area contributed by atoms with E-state index in [1.807, 2.05) is 33.3 Å². The molecular weight excluding hydrogens is 844 g/mol. The number of nitrogens with zero attached hydrogens (tertiary/aromatic N) is 1. The third-order valence-electron chi connectivity index (χ3n) is 11.7. The topological polar surface area (TPSA) is 111 Å². The molecule has 1 amide bonds. The summed E-state index contributed by atoms with van der Waals surface area (Å²) in [4.78, 5) is 37.4. The average molecular weight is 948 g/mol. The molecule has 0 aliphatic heterocycles. The Bertz CT molecular complexity index is 1320. The first-order valence-corrected chi connectivity index (χ1v) is 28.6. The van der Waals surface area contributed by atoms with Gasteiger partial charge in [-0.3, -0.25) is 18.6 Å². The van der Waals surface area contributed by atoms with Crippen molar-refractivity contribution < 1.29 is 37.3 Å². The Balaban J connectivity index is 5.41. The van der Waals surface area contributed by atoms with Crippen molar-refractivity contribution in [1.82, 2.24) is 5.32 Å². The number of nitrogens with one attached hydrogen (secondary N) is 1. The number of allylic oxidation sites excluding steroid dienone is 9. The van der Waals surface area contributed by atoms with Gasteiger partial charge in [-0.15, -0.1) is 0 Å². The van der Waals surface area contributed by atoms with Crippen LogP contribution < -0.4 is 5.32 Å². The highest BCUT2D eigenvalue weighted by Gasteiger charge is 2.30. The van der Waals surface area contributed by atoms with Crippen molar-refractivity contribution in [1.29, 1.82) is 0 Å². The van der Waals surface area contributed by atoms with Gasteiger partial charge in [0.25, 0.3) is 0 Å². The third-order valence-corrected chi connectivity index (χ3v) is 12.7. The predicted molar refractivity (Wildman–Crippen MR) is 282 cm³/mol. The van der Waals surface area contributed by atoms with Crippen LogP contribution in [0.15, 0.2) is 60.8 Å². The number of quaternary nitrogens is 1. The highest BCUT2D eigenvalue weighted by Crippen LogP contribution is 2.43. The molecule has 0 saturated heterocycles. The number of ether oxygens (including phenoxy) is 1. The quantitative estimate of drug-likeness (QED) is 0.0205. The van der Waals surface area contributed by atoms with E-state index in [1.165, 1.54) is 96.3 Å². The lowest BCUT2D eigenvalue weighted by molar-refractivity contribution is -0.870. The largest absolute Gasteiger partial charge is 0.472 e. The number of carbonyl (C=O) groups is 2. The Morgan fingerprint density at radius 3 is 1.48 bits per heavy atom. The van der Waals surface area contributed by atoms with Crippen molar-refractivity contribution >= 4 is 19.7 Å². The zero-order valence-electron chi connectivity index (χ0n) is 43.7. The molecule has 66 heavy (non-hydrogen) atoms. The van der Waals surface area contributed by atoms with Gasteiger partial charge in [-0.25, -0.2) is 4.57 Å². The normalized spacial score (nSPS) is 14.3. The predicted octanol–water partition coefficient (Wildman–Crippen LogP) is 15.9. The molecule has 0 aromatic carbocycles. The lowest BCUT2D eigenvalue weighted by atomic mass is 10.1. The molecule has 0 aliphatic rings. The summed E-state index contributed by atoms with van der Waals surface area (Å²) in [6.07, 6.45) is 56.4. The van der Waals surface area contributed by atoms with Gasteiger partial charge in [0, 0.05) is 12.8 Å². The van der Waals surface area contributed by atoms with E-state index >= 15 is 0 Å². The summed E-state index contributed by atoms with van der Waals surface area (Å²) in [5.41, 5.74) is 0. The number of hydrogen-bond donors (Lipinski definition) is 2. The molecule has 3 atom stereocenters. The number of esters is 1. The van der Waals surface area contributed by atoms with Crippen molar-refractivity contribution in [2.24, 2.45) is 0 Å². The maximum Gasteiger partial charge on any atom is 0.472 e. The number of likely N-dealkylation sites (N-methyl/N-ethyl adjacent to an activating group) is 1. The number of amides is 1. The molecule has 0 bridgehead atoms. The standard InChI is InChI=1S/C56H103N2O7P/c1-7-10-13-16-19-22-25-27-29-31-34-37-40-43-46-49-56(60)65-54(47-44-41-38-35-32-24-21-18-15-12-9-3)53(52-64-66(61,62)63-51-50-58(4,5)6)57-55(59)48-45-42-39-36-33-30-28-26-23-20-17-14-11-8-2/h11,14,20,22-23,25,28,30,44,47,53-54H,7-10,12-13,15-19,21,24,26-27,29,31-43,45-46,48-52H2,1-6H3,(H-,57,59,61,62)/p+1/b14-11+,23-20+,25-22-,30-28+,47-44+. The van der Waals surface area contributed by atoms with E-state index < -0.39 is 20.0 Å². The third kappa shape index (κ3) is 46.8. The van der Waals surface area contributed by atoms with Crippen LogP contribution in [0, 0.1) is 0 Å². The van der Waals surface area contributed by atoms with Crippen molar-refractivity contribution in [3.63, 3.8) is 0 Å². The Morgan fingerprint density at radius 1 is 0.545 bits per heavy atom. The Hall–Kier alpha value is -2.29. The van der Waals surface area contributed by atoms with Crippen LogP contribution in [-0.4, -0.2) is 74.3 Å². The fourth-order valence-electron chi connectivity index (χ4n) is 7.48. The van der Waals surface area contributed by atoms with Crippen LogP contribution in [0.3, 0.4) is 0 Å². The van der Waals surface area contributed by atoms with Gasteiger partial charge in [-0.05, 0) is 89.5 Å². The molecule has 0 radical (unpaired) electrons. The fourth-order valence-corrected chi connectivity index (χ4v) is 8.21. The molecule has 0 rings (SSSR count). The van der Waals surface area contributed by atoms with Crippen LogP contribution >= 0.6 is 7.82 Å². The molecule has 9 nitrogen and oxygen atoms in total. The van der Waals surface area contributed by atoms with Crippen molar-refractivity contribution in [3.8, 4) is 0 Å². The first-order valence-electron chi connectivity index (χ1n) is 27.1. The van der Waals surface area contributed by atoms with E-state index in [0.29, 0.717) is 17.4 Å². The van der Waals surface area contributed by atoms with Crippen LogP contribution in [0.5, 0.6) is 0 Å². The lowest BCUT2D eigenvalue weighted by Crippen LogP contribution is -2.47. The SMILES string of the molecule is CC/C=C/C/C=C/C/C=C/CCCCCCC(=O)NC(COP(=O)(O)OCC[N+](C)(C)C)C(/C=C/CCCCCCCCCCC)OC(=O)CCCCCCCCC/C=C\CCCCCC. The summed E-state index contributed by atoms with van der Waals surface area (Å²) < 4.78 is 30.5. The van der Waals surface area contributed by atoms with Gasteiger partial charge < -0.3 is 19.4 Å². The Kier molecular flexibility index (Phi) is 44.8. The van der Waals surface area contributed by atoms with Gasteiger partial charge in [0.05, 0.1) is 33.8 Å². The zero-order chi connectivity index (χ0) is 48.7. The zero-order valence-corrected chi connectivity index (χ0v) is 44.6. The molecule has 0 heterocycles. The minimum atomic E-state index is -4.45. The van der Waals surface area contributed by atoms with Crippen molar-refractivity contribution in [2.45, 2.75) is 245 Å². The second kappa shape index (κ2) is 46.4. The van der Waals surface area contributed by atoms with Crippen molar-refractivity contribution in [3.05, 3.63) is 60.8 Å². The number of unbranched alkanes of at least 4 members (excludes halogenated alkanes) is 24. The first kappa shape index (κ1) is 63.7. The highest BCUT2D eigenvalue weighted by atomic mass is 31.2. The van der Waals surface area contributed by atoms with E-state index in [1.54, 1.807) is 0 Å². The molecule has 0 spiro atoms. The molecule has 2 N–H and O–H groups in total. The number of rotatable bonds is 48. The highest BCUT2D eigenvalue weighted by molar-refractivity contribution is 7.47. The maximum absolute atomic E-state index is 13.4. The van der Waals surface area contributed by atoms with Crippen LogP contribution in [0.2, 0.25) is 0 Å². The van der Waals surface area contributed by atoms with Crippen LogP contribution in [-0.2, 0) is 27.9 Å². The van der Waals surface area contributed by atoms with E-state index in [4.69, 9.17) is 13.8 Å². The van der Waals surface area contributed by atoms with Crippen molar-refractivity contribution in [2.75, 3.05) is 40.9 Å². The molecule has 0 saturated carbocycles. The average Bonchev–Trinajstić information content (AvgIpc) is 3.27. The number of phosphoric acid groups is 1. The van der Waals surface area contributed by atoms with E-state index in [9.17, 15) is 19.0 Å². The molecular formula is C56H104N2O7P+. The number of phosphoric ester groups is 1. The summed E-state index contributed by atoms with van der Waals surface area (Å²) in [6, 6.07) is -0.860. The summed E-state index contributed by atoms with van der Waals surface area (Å²) >= 11 is 0. The second-order valence-electron chi connectivity index (χ2n) is 19.4. The first-order chi connectivity index (χ1) is 31.9. The summed E-state index contributed by atoms with van der Waals surface area (Å²) in [7, 11) is 1.47. The monoisotopic (exact) mass is 948 g/mol. The van der Waals surface area contributed by atoms with E-state index in [0.717, 1.165) is 103 Å². The van der Waals surface area contributed by atoms with Gasteiger partial charge >= 0.3 is 13.8 Å². The number of carbonyl (C=O) groups excluding carboxylic acids is 2. The van der Waals surface area contributed by atoms with Crippen LogP contribution in [0.25, 0.3) is 0 Å². The van der Waals surface area contributed by atoms with Gasteiger partial charge in [0.15, 0.2) is 0 Å². The summed E-state index contributed by atoms with van der Waals surface area (Å²) in [6.45, 7) is 6.85. The van der Waals surface area contributed by atoms with E-state index in [-0.39, 0.29) is 31.5 Å². The fraction of sp³-hybridized carbons (Fsp3) is 0.786. The lowest BCUT2D eigenvalue weighted by Gasteiger charge is -2.27. The molecule has 0 aliphatic carbocycles. The summed E-state index contributed by atoms with van der Waals surface area (Å²) in [5, 5.41) is 3.02. The number of hydrogen-bond acceptors (Lipinski definition) is 6. The molecule has 0 aromatic heterocycles. The van der Waals surface area contributed by atoms with Crippen LogP contribution in [0.4, 0.5) is 0 Å². The van der Waals surface area contributed by atoms with Gasteiger partial charge in [-0.2, -0.15) is 0 Å².